The Morgan fingerprint density at radius 2 is 1.82 bits per heavy atom. The van der Waals surface area contributed by atoms with E-state index in [1.807, 2.05) is 27.7 Å². The summed E-state index contributed by atoms with van der Waals surface area (Å²) >= 11 is 6.34. The van der Waals surface area contributed by atoms with Crippen LogP contribution in [0.25, 0.3) is 0 Å². The first-order chi connectivity index (χ1) is 13.2. The fraction of sp³-hybridized carbons (Fsp3) is 0.682. The van der Waals surface area contributed by atoms with Crippen LogP contribution in [-0.2, 0) is 14.3 Å². The van der Waals surface area contributed by atoms with Gasteiger partial charge in [0.15, 0.2) is 0 Å². The highest BCUT2D eigenvalue weighted by molar-refractivity contribution is 6.32. The normalized spacial score (nSPS) is 13.8. The molecule has 1 aromatic rings. The van der Waals surface area contributed by atoms with Crippen molar-refractivity contribution in [2.75, 3.05) is 25.6 Å². The van der Waals surface area contributed by atoms with Gasteiger partial charge in [0.25, 0.3) is 5.91 Å². The van der Waals surface area contributed by atoms with Crippen molar-refractivity contribution >= 4 is 23.2 Å². The first-order valence-electron chi connectivity index (χ1n) is 10.1. The number of halogens is 1. The van der Waals surface area contributed by atoms with E-state index in [9.17, 15) is 4.79 Å². The number of methoxy groups -OCH3 is 1. The Morgan fingerprint density at radius 1 is 1.11 bits per heavy atom. The van der Waals surface area contributed by atoms with Gasteiger partial charge in [-0.05, 0) is 51.8 Å². The van der Waals surface area contributed by atoms with E-state index in [2.05, 4.69) is 12.2 Å². The second-order valence-electron chi connectivity index (χ2n) is 7.84. The molecule has 5 nitrogen and oxygen atoms in total. The van der Waals surface area contributed by atoms with Crippen molar-refractivity contribution < 1.29 is 19.0 Å². The number of carbonyl (C=O) groups excluding carboxylic acids is 1. The largest absolute Gasteiger partial charge is 0.492 e. The molecule has 0 aliphatic rings. The number of hydrogen-bond donors (Lipinski definition) is 1. The monoisotopic (exact) mass is 413 g/mol. The summed E-state index contributed by atoms with van der Waals surface area (Å²) in [6.07, 6.45) is 4.23. The van der Waals surface area contributed by atoms with Gasteiger partial charge in [0.05, 0.1) is 17.2 Å². The summed E-state index contributed by atoms with van der Waals surface area (Å²) in [7, 11) is 1.68. The van der Waals surface area contributed by atoms with Crippen molar-refractivity contribution in [2.24, 2.45) is 0 Å². The summed E-state index contributed by atoms with van der Waals surface area (Å²) in [5.74, 6) is 0.434. The van der Waals surface area contributed by atoms with Crippen LogP contribution in [0.3, 0.4) is 0 Å². The number of amides is 1. The van der Waals surface area contributed by atoms with Gasteiger partial charge in [-0.25, -0.2) is 0 Å². The van der Waals surface area contributed by atoms with Gasteiger partial charge in [0, 0.05) is 25.8 Å². The van der Waals surface area contributed by atoms with Crippen LogP contribution in [0.2, 0.25) is 5.02 Å². The highest BCUT2D eigenvalue weighted by atomic mass is 35.5. The Hall–Kier alpha value is -1.30. The summed E-state index contributed by atoms with van der Waals surface area (Å²) in [5.41, 5.74) is -0.469. The lowest BCUT2D eigenvalue weighted by Gasteiger charge is -2.28. The maximum atomic E-state index is 12.8. The third-order valence-electron chi connectivity index (χ3n) is 4.82. The van der Waals surface area contributed by atoms with E-state index in [0.717, 1.165) is 25.7 Å². The number of benzene rings is 1. The molecular formula is C22H36ClNO4. The lowest BCUT2D eigenvalue weighted by atomic mass is 9.97. The molecule has 160 valence electrons. The van der Waals surface area contributed by atoms with Gasteiger partial charge in [-0.3, -0.25) is 4.79 Å². The molecule has 0 aliphatic carbocycles. The molecule has 6 heteroatoms. The molecule has 1 aromatic carbocycles. The standard InChI is InChI=1S/C22H36ClNO4/c1-7-9-12-22(5,28-14-8-2)20(25)24-17-10-11-19(18(23)16-17)27-15-13-21(3,4)26-6/h10-11,16H,7-9,12-15H2,1-6H3,(H,24,25)/t22-/m1/s1. The Bertz CT molecular complexity index is 611. The Balaban J connectivity index is 2.75. The van der Waals surface area contributed by atoms with E-state index in [4.69, 9.17) is 25.8 Å². The fourth-order valence-corrected chi connectivity index (χ4v) is 2.80. The average molecular weight is 414 g/mol. The molecule has 0 unspecified atom stereocenters. The van der Waals surface area contributed by atoms with Crippen molar-refractivity contribution in [2.45, 2.75) is 77.9 Å². The van der Waals surface area contributed by atoms with Crippen LogP contribution in [0.5, 0.6) is 5.75 Å². The maximum Gasteiger partial charge on any atom is 0.256 e. The predicted octanol–water partition coefficient (Wildman–Crippen LogP) is 5.85. The maximum absolute atomic E-state index is 12.8. The minimum absolute atomic E-state index is 0.152. The molecule has 0 radical (unpaired) electrons. The van der Waals surface area contributed by atoms with E-state index in [1.54, 1.807) is 25.3 Å². The van der Waals surface area contributed by atoms with E-state index < -0.39 is 5.60 Å². The number of anilines is 1. The third kappa shape index (κ3) is 7.98. The molecule has 0 spiro atoms. The lowest BCUT2D eigenvalue weighted by molar-refractivity contribution is -0.140. The summed E-state index contributed by atoms with van der Waals surface area (Å²) < 4.78 is 17.0. The van der Waals surface area contributed by atoms with Gasteiger partial charge in [-0.15, -0.1) is 0 Å². The van der Waals surface area contributed by atoms with Gasteiger partial charge >= 0.3 is 0 Å². The van der Waals surface area contributed by atoms with Crippen molar-refractivity contribution in [3.63, 3.8) is 0 Å². The van der Waals surface area contributed by atoms with Gasteiger partial charge in [-0.1, -0.05) is 38.3 Å². The second-order valence-corrected chi connectivity index (χ2v) is 8.25. The molecule has 1 N–H and O–H groups in total. The van der Waals surface area contributed by atoms with E-state index in [1.165, 1.54) is 0 Å². The summed E-state index contributed by atoms with van der Waals surface area (Å²) in [5, 5.41) is 3.39. The number of hydrogen-bond acceptors (Lipinski definition) is 4. The molecule has 28 heavy (non-hydrogen) atoms. The van der Waals surface area contributed by atoms with Crippen LogP contribution < -0.4 is 10.1 Å². The van der Waals surface area contributed by atoms with E-state index >= 15 is 0 Å². The summed E-state index contributed by atoms with van der Waals surface area (Å²) in [4.78, 5) is 12.8. The highest BCUT2D eigenvalue weighted by Gasteiger charge is 2.33. The zero-order valence-corrected chi connectivity index (χ0v) is 18.9. The second kappa shape index (κ2) is 11.6. The SMILES string of the molecule is CCCC[C@@](C)(OCCC)C(=O)Nc1ccc(OCCC(C)(C)OC)c(Cl)c1. The average Bonchev–Trinajstić information content (AvgIpc) is 2.66. The van der Waals surface area contributed by atoms with Gasteiger partial charge in [0.1, 0.15) is 11.4 Å². The molecule has 0 fully saturated rings. The zero-order valence-electron chi connectivity index (χ0n) is 18.2. The first-order valence-corrected chi connectivity index (χ1v) is 10.5. The van der Waals surface area contributed by atoms with Gasteiger partial charge < -0.3 is 19.5 Å². The van der Waals surface area contributed by atoms with Gasteiger partial charge in [0.2, 0.25) is 0 Å². The van der Waals surface area contributed by atoms with Crippen LogP contribution in [0.1, 0.15) is 66.7 Å². The number of carbonyl (C=O) groups is 1. The first kappa shape index (κ1) is 24.7. The van der Waals surface area contributed by atoms with Crippen molar-refractivity contribution in [1.82, 2.24) is 0 Å². The molecule has 0 saturated carbocycles. The Labute approximate surface area is 175 Å². The van der Waals surface area contributed by atoms with Crippen LogP contribution in [0.4, 0.5) is 5.69 Å². The van der Waals surface area contributed by atoms with E-state index in [0.29, 0.717) is 36.1 Å². The molecule has 0 aromatic heterocycles. The van der Waals surface area contributed by atoms with Crippen LogP contribution in [-0.4, -0.2) is 37.4 Å². The van der Waals surface area contributed by atoms with Crippen LogP contribution in [0.15, 0.2) is 18.2 Å². The summed E-state index contributed by atoms with van der Waals surface area (Å²) in [6, 6.07) is 5.27. The molecule has 0 bridgehead atoms. The van der Waals surface area contributed by atoms with Crippen molar-refractivity contribution in [3.05, 3.63) is 23.2 Å². The highest BCUT2D eigenvalue weighted by Crippen LogP contribution is 2.29. The lowest BCUT2D eigenvalue weighted by Crippen LogP contribution is -2.43. The Kier molecular flexibility index (Phi) is 10.3. The van der Waals surface area contributed by atoms with Crippen molar-refractivity contribution in [3.8, 4) is 5.75 Å². The summed E-state index contributed by atoms with van der Waals surface area (Å²) in [6.45, 7) is 11.0. The predicted molar refractivity (Wildman–Crippen MR) is 115 cm³/mol. The zero-order chi connectivity index (χ0) is 21.2. The number of nitrogens with one attached hydrogen (secondary N) is 1. The van der Waals surface area contributed by atoms with Crippen molar-refractivity contribution in [1.29, 1.82) is 0 Å². The number of unbranched alkanes of at least 4 members (excludes halogenated alkanes) is 1. The quantitative estimate of drug-likeness (QED) is 0.440. The fourth-order valence-electron chi connectivity index (χ4n) is 2.56. The molecule has 1 amide bonds. The molecular weight excluding hydrogens is 378 g/mol. The minimum Gasteiger partial charge on any atom is -0.492 e. The molecule has 0 aliphatic heterocycles. The molecule has 0 saturated heterocycles. The number of ether oxygens (including phenoxy) is 3. The van der Waals surface area contributed by atoms with Gasteiger partial charge in [-0.2, -0.15) is 0 Å². The third-order valence-corrected chi connectivity index (χ3v) is 5.11. The Morgan fingerprint density at radius 3 is 2.39 bits per heavy atom. The van der Waals surface area contributed by atoms with Crippen LogP contribution in [0, 0.1) is 0 Å². The van der Waals surface area contributed by atoms with Crippen LogP contribution >= 0.6 is 11.6 Å². The topological polar surface area (TPSA) is 56.8 Å². The molecule has 1 atom stereocenters. The van der Waals surface area contributed by atoms with E-state index in [-0.39, 0.29) is 11.5 Å². The number of rotatable bonds is 13. The minimum atomic E-state index is -0.848. The molecule has 1 rings (SSSR count). The molecule has 0 heterocycles. The smallest absolute Gasteiger partial charge is 0.256 e.